The Labute approximate surface area is 227 Å². The van der Waals surface area contributed by atoms with Gasteiger partial charge in [-0.25, -0.2) is 17.2 Å². The molecule has 0 saturated heterocycles. The summed E-state index contributed by atoms with van der Waals surface area (Å²) in [7, 11) is -4.23. The highest BCUT2D eigenvalue weighted by molar-refractivity contribution is 7.92. The monoisotopic (exact) mass is 555 g/mol. The van der Waals surface area contributed by atoms with E-state index in [0.29, 0.717) is 5.56 Å². The molecular weight excluding hydrogens is 524 g/mol. The fourth-order valence-electron chi connectivity index (χ4n) is 4.62. The maximum absolute atomic E-state index is 13.8. The van der Waals surface area contributed by atoms with Crippen LogP contribution >= 0.6 is 0 Å². The lowest BCUT2D eigenvalue weighted by atomic mass is 10.1. The fraction of sp³-hybridized carbons (Fsp3) is 0.310. The van der Waals surface area contributed by atoms with Gasteiger partial charge in [-0.3, -0.25) is 13.9 Å². The predicted molar refractivity (Wildman–Crippen MR) is 144 cm³/mol. The van der Waals surface area contributed by atoms with Crippen molar-refractivity contribution in [3.63, 3.8) is 0 Å². The number of benzene rings is 3. The Morgan fingerprint density at radius 1 is 0.897 bits per heavy atom. The summed E-state index contributed by atoms with van der Waals surface area (Å²) in [5.74, 6) is -1.99. The molecule has 7 nitrogen and oxygen atoms in total. The lowest BCUT2D eigenvalue weighted by Crippen LogP contribution is -2.52. The number of hydrogen-bond donors (Lipinski definition) is 1. The lowest BCUT2D eigenvalue weighted by molar-refractivity contribution is -0.139. The second-order valence-electron chi connectivity index (χ2n) is 9.62. The smallest absolute Gasteiger partial charge is 0.264 e. The van der Waals surface area contributed by atoms with Gasteiger partial charge in [0, 0.05) is 12.6 Å². The third-order valence-corrected chi connectivity index (χ3v) is 8.65. The normalized spacial score (nSPS) is 14.5. The Morgan fingerprint density at radius 3 is 2.05 bits per heavy atom. The molecule has 0 bridgehead atoms. The van der Waals surface area contributed by atoms with Crippen LogP contribution in [0.4, 0.5) is 14.5 Å². The van der Waals surface area contributed by atoms with Crippen molar-refractivity contribution in [3.8, 4) is 0 Å². The minimum absolute atomic E-state index is 0.0249. The first-order valence-electron chi connectivity index (χ1n) is 12.8. The zero-order valence-electron chi connectivity index (χ0n) is 21.6. The Bertz CT molecular complexity index is 1380. The van der Waals surface area contributed by atoms with E-state index in [4.69, 9.17) is 0 Å². The van der Waals surface area contributed by atoms with E-state index in [1.807, 2.05) is 0 Å². The second kappa shape index (κ2) is 12.4. The molecular formula is C29H31F2N3O4S. The molecule has 0 spiro atoms. The summed E-state index contributed by atoms with van der Waals surface area (Å²) in [6.07, 6.45) is 3.75. The first kappa shape index (κ1) is 28.2. The van der Waals surface area contributed by atoms with Crippen LogP contribution in [0.5, 0.6) is 0 Å². The second-order valence-corrected chi connectivity index (χ2v) is 11.5. The number of hydrogen-bond acceptors (Lipinski definition) is 4. The number of rotatable bonds is 10. The van der Waals surface area contributed by atoms with E-state index in [1.165, 1.54) is 53.4 Å². The minimum atomic E-state index is -4.23. The van der Waals surface area contributed by atoms with Gasteiger partial charge in [0.2, 0.25) is 11.8 Å². The standard InChI is InChI=1S/C29H31F2N3O4S/c1-21(29(36)32-25-7-5-6-8-25)33(19-22-11-13-23(30)14-12-22)28(35)20-34(26-17-15-24(31)16-18-26)39(37,38)27-9-3-2-4-10-27/h2-4,9-18,21,25H,5-8,19-20H2,1H3,(H,32,36)/t21-/m0/s1. The molecule has 10 heteroatoms. The van der Waals surface area contributed by atoms with E-state index in [9.17, 15) is 26.8 Å². The highest BCUT2D eigenvalue weighted by atomic mass is 32.2. The number of nitrogens with zero attached hydrogens (tertiary/aromatic N) is 2. The van der Waals surface area contributed by atoms with E-state index in [1.54, 1.807) is 25.1 Å². The van der Waals surface area contributed by atoms with Crippen LogP contribution in [-0.2, 0) is 26.2 Å². The average Bonchev–Trinajstić information content (AvgIpc) is 3.45. The summed E-state index contributed by atoms with van der Waals surface area (Å²) in [5, 5.41) is 2.99. The van der Waals surface area contributed by atoms with Crippen molar-refractivity contribution >= 4 is 27.5 Å². The maximum Gasteiger partial charge on any atom is 0.264 e. The van der Waals surface area contributed by atoms with Gasteiger partial charge in [0.05, 0.1) is 10.6 Å². The molecule has 206 valence electrons. The van der Waals surface area contributed by atoms with Gasteiger partial charge in [0.25, 0.3) is 10.0 Å². The zero-order chi connectivity index (χ0) is 28.0. The van der Waals surface area contributed by atoms with E-state index in [2.05, 4.69) is 5.32 Å². The molecule has 0 aliphatic heterocycles. The van der Waals surface area contributed by atoms with E-state index < -0.39 is 40.2 Å². The van der Waals surface area contributed by atoms with Crippen molar-refractivity contribution in [2.24, 2.45) is 0 Å². The molecule has 3 aromatic carbocycles. The van der Waals surface area contributed by atoms with Gasteiger partial charge in [0.1, 0.15) is 24.2 Å². The van der Waals surface area contributed by atoms with Gasteiger partial charge in [-0.05, 0) is 73.9 Å². The third-order valence-electron chi connectivity index (χ3n) is 6.86. The average molecular weight is 556 g/mol. The molecule has 2 amide bonds. The molecule has 0 radical (unpaired) electrons. The topological polar surface area (TPSA) is 86.8 Å². The molecule has 1 atom stereocenters. The fourth-order valence-corrected chi connectivity index (χ4v) is 6.05. The van der Waals surface area contributed by atoms with E-state index in [0.717, 1.165) is 42.1 Å². The number of sulfonamides is 1. The third kappa shape index (κ3) is 7.00. The van der Waals surface area contributed by atoms with E-state index >= 15 is 0 Å². The molecule has 1 fully saturated rings. The van der Waals surface area contributed by atoms with Crippen LogP contribution in [0.2, 0.25) is 0 Å². The molecule has 4 rings (SSSR count). The van der Waals surface area contributed by atoms with Crippen LogP contribution in [0.3, 0.4) is 0 Å². The molecule has 0 aromatic heterocycles. The van der Waals surface area contributed by atoms with E-state index in [-0.39, 0.29) is 29.1 Å². The number of carbonyl (C=O) groups is 2. The zero-order valence-corrected chi connectivity index (χ0v) is 22.4. The summed E-state index contributed by atoms with van der Waals surface area (Å²) in [5.41, 5.74) is 0.669. The van der Waals surface area contributed by atoms with Gasteiger partial charge in [-0.1, -0.05) is 43.2 Å². The SMILES string of the molecule is C[C@@H](C(=O)NC1CCCC1)N(Cc1ccc(F)cc1)C(=O)CN(c1ccc(F)cc1)S(=O)(=O)c1ccccc1. The van der Waals surface area contributed by atoms with Crippen LogP contribution in [0.15, 0.2) is 83.8 Å². The van der Waals surface area contributed by atoms with Crippen LogP contribution in [0, 0.1) is 11.6 Å². The van der Waals surface area contributed by atoms with Crippen molar-refractivity contribution in [2.75, 3.05) is 10.8 Å². The number of nitrogens with one attached hydrogen (secondary N) is 1. The van der Waals surface area contributed by atoms with Crippen molar-refractivity contribution in [1.82, 2.24) is 10.2 Å². The molecule has 1 aliphatic carbocycles. The van der Waals surface area contributed by atoms with Gasteiger partial charge in [-0.15, -0.1) is 0 Å². The van der Waals surface area contributed by atoms with Gasteiger partial charge >= 0.3 is 0 Å². The maximum atomic E-state index is 13.8. The van der Waals surface area contributed by atoms with Crippen molar-refractivity contribution < 1.29 is 26.8 Å². The number of carbonyl (C=O) groups excluding carboxylic acids is 2. The van der Waals surface area contributed by atoms with Crippen molar-refractivity contribution in [3.05, 3.63) is 96.1 Å². The highest BCUT2D eigenvalue weighted by Crippen LogP contribution is 2.25. The highest BCUT2D eigenvalue weighted by Gasteiger charge is 2.33. The predicted octanol–water partition coefficient (Wildman–Crippen LogP) is 4.64. The summed E-state index contributed by atoms with van der Waals surface area (Å²) in [6, 6.07) is 17.0. The minimum Gasteiger partial charge on any atom is -0.352 e. The molecule has 1 aliphatic rings. The summed E-state index contributed by atoms with van der Waals surface area (Å²) in [6.45, 7) is 0.908. The molecule has 1 N–H and O–H groups in total. The van der Waals surface area contributed by atoms with Crippen LogP contribution in [0.1, 0.15) is 38.2 Å². The van der Waals surface area contributed by atoms with Gasteiger partial charge in [-0.2, -0.15) is 0 Å². The largest absolute Gasteiger partial charge is 0.352 e. The quantitative estimate of drug-likeness (QED) is 0.395. The molecule has 39 heavy (non-hydrogen) atoms. The first-order valence-corrected chi connectivity index (χ1v) is 14.3. The molecule has 3 aromatic rings. The van der Waals surface area contributed by atoms with Gasteiger partial charge in [0.15, 0.2) is 0 Å². The van der Waals surface area contributed by atoms with Crippen LogP contribution in [0.25, 0.3) is 0 Å². The molecule has 0 heterocycles. The summed E-state index contributed by atoms with van der Waals surface area (Å²) >= 11 is 0. The Hall–Kier alpha value is -3.79. The Morgan fingerprint density at radius 2 is 1.46 bits per heavy atom. The Kier molecular flexibility index (Phi) is 8.96. The molecule has 1 saturated carbocycles. The lowest BCUT2D eigenvalue weighted by Gasteiger charge is -2.32. The van der Waals surface area contributed by atoms with Crippen molar-refractivity contribution in [2.45, 2.75) is 56.1 Å². The van der Waals surface area contributed by atoms with Crippen LogP contribution in [-0.4, -0.2) is 43.8 Å². The number of amides is 2. The summed E-state index contributed by atoms with van der Waals surface area (Å²) in [4.78, 5) is 28.2. The number of halogens is 2. The number of anilines is 1. The van der Waals surface area contributed by atoms with Gasteiger partial charge < -0.3 is 10.2 Å². The first-order chi connectivity index (χ1) is 18.6. The van der Waals surface area contributed by atoms with Crippen molar-refractivity contribution in [1.29, 1.82) is 0 Å². The molecule has 0 unspecified atom stereocenters. The summed E-state index contributed by atoms with van der Waals surface area (Å²) < 4.78 is 55.4. The Balaban J connectivity index is 1.66. The van der Waals surface area contributed by atoms with Crippen LogP contribution < -0.4 is 9.62 Å².